The molecule has 0 spiro atoms. The van der Waals surface area contributed by atoms with E-state index in [1.165, 1.54) is 11.3 Å². The van der Waals surface area contributed by atoms with Crippen LogP contribution in [-0.4, -0.2) is 25.3 Å². The number of anilines is 2. The number of rotatable bonds is 7. The third-order valence-electron chi connectivity index (χ3n) is 5.23. The molecule has 1 fully saturated rings. The Hall–Kier alpha value is -2.29. The summed E-state index contributed by atoms with van der Waals surface area (Å²) in [5.41, 5.74) is 3.44. The number of hydrogen-bond acceptors (Lipinski definition) is 5. The van der Waals surface area contributed by atoms with Gasteiger partial charge in [-0.2, -0.15) is 0 Å². The lowest BCUT2D eigenvalue weighted by atomic mass is 9.89. The molecule has 1 aliphatic carbocycles. The van der Waals surface area contributed by atoms with Crippen molar-refractivity contribution in [3.05, 3.63) is 58.3 Å². The molecule has 1 saturated carbocycles. The largest absolute Gasteiger partial charge is 0.325 e. The second kappa shape index (κ2) is 8.68. The zero-order chi connectivity index (χ0) is 22.2. The summed E-state index contributed by atoms with van der Waals surface area (Å²) in [7, 11) is -1.10. The molecular weight excluding hydrogens is 452 g/mol. The standard InChI is InChI=1S/C22H23ClN4O2S2/c1-13-8-16(4-7-18(13)14-9-15(23)11-24-10-14)25-20(28)22(2,3)19-12-30-21(26-19)27-31(29)17-5-6-17/h4,7-12,17H,5-6H2,1-3H3,(H,25,28)(H,26,27). The fourth-order valence-corrected chi connectivity index (χ4v) is 5.37. The number of halogens is 1. The number of amides is 1. The number of pyridine rings is 1. The minimum atomic E-state index is -1.10. The first-order valence-corrected chi connectivity index (χ1v) is 12.4. The molecule has 4 rings (SSSR count). The topological polar surface area (TPSA) is 84.0 Å². The number of thiazole rings is 1. The predicted molar refractivity (Wildman–Crippen MR) is 128 cm³/mol. The lowest BCUT2D eigenvalue weighted by Gasteiger charge is -2.22. The third-order valence-corrected chi connectivity index (χ3v) is 7.79. The highest BCUT2D eigenvalue weighted by Crippen LogP contribution is 2.32. The van der Waals surface area contributed by atoms with Gasteiger partial charge in [-0.15, -0.1) is 11.3 Å². The van der Waals surface area contributed by atoms with Crippen LogP contribution in [0.2, 0.25) is 5.02 Å². The maximum Gasteiger partial charge on any atom is 0.236 e. The highest BCUT2D eigenvalue weighted by molar-refractivity contribution is 7.87. The summed E-state index contributed by atoms with van der Waals surface area (Å²) in [5.74, 6) is -0.163. The molecule has 162 valence electrons. The Morgan fingerprint density at radius 3 is 2.71 bits per heavy atom. The quantitative estimate of drug-likeness (QED) is 0.485. The van der Waals surface area contributed by atoms with Crippen molar-refractivity contribution in [1.29, 1.82) is 0 Å². The third kappa shape index (κ3) is 4.97. The maximum absolute atomic E-state index is 13.0. The van der Waals surface area contributed by atoms with Gasteiger partial charge in [-0.25, -0.2) is 9.19 Å². The average molecular weight is 475 g/mol. The fourth-order valence-electron chi connectivity index (χ4n) is 3.09. The van der Waals surface area contributed by atoms with E-state index in [2.05, 4.69) is 20.0 Å². The normalized spacial score (nSPS) is 14.8. The molecule has 0 bridgehead atoms. The highest BCUT2D eigenvalue weighted by atomic mass is 35.5. The molecule has 1 unspecified atom stereocenters. The van der Waals surface area contributed by atoms with Crippen molar-refractivity contribution in [3.8, 4) is 11.1 Å². The molecule has 3 aromatic rings. The summed E-state index contributed by atoms with van der Waals surface area (Å²) in [6.45, 7) is 5.64. The van der Waals surface area contributed by atoms with Crippen molar-refractivity contribution < 1.29 is 9.00 Å². The van der Waals surface area contributed by atoms with Gasteiger partial charge in [0.2, 0.25) is 5.91 Å². The van der Waals surface area contributed by atoms with Crippen LogP contribution < -0.4 is 10.0 Å². The second-order valence-corrected chi connectivity index (χ2v) is 10.9. The Labute approximate surface area is 193 Å². The van der Waals surface area contributed by atoms with Crippen LogP contribution in [0, 0.1) is 6.92 Å². The summed E-state index contributed by atoms with van der Waals surface area (Å²) in [5, 5.41) is 6.21. The molecule has 9 heteroatoms. The Morgan fingerprint density at radius 1 is 1.26 bits per heavy atom. The van der Waals surface area contributed by atoms with Gasteiger partial charge in [0.1, 0.15) is 11.0 Å². The summed E-state index contributed by atoms with van der Waals surface area (Å²) >= 11 is 7.42. The van der Waals surface area contributed by atoms with Gasteiger partial charge in [0.25, 0.3) is 0 Å². The molecule has 2 N–H and O–H groups in total. The van der Waals surface area contributed by atoms with Crippen molar-refractivity contribution >= 4 is 50.6 Å². The van der Waals surface area contributed by atoms with Crippen LogP contribution in [0.5, 0.6) is 0 Å². The van der Waals surface area contributed by atoms with Gasteiger partial charge in [0.15, 0.2) is 5.13 Å². The Bertz CT molecular complexity index is 1160. The van der Waals surface area contributed by atoms with Crippen molar-refractivity contribution in [1.82, 2.24) is 9.97 Å². The number of hydrogen-bond donors (Lipinski definition) is 2. The minimum absolute atomic E-state index is 0.163. The van der Waals surface area contributed by atoms with Gasteiger partial charge >= 0.3 is 0 Å². The molecular formula is C22H23ClN4O2S2. The van der Waals surface area contributed by atoms with Crippen LogP contribution in [0.3, 0.4) is 0 Å². The van der Waals surface area contributed by atoms with E-state index in [1.54, 1.807) is 12.4 Å². The number of aromatic nitrogens is 2. The first kappa shape index (κ1) is 21.9. The summed E-state index contributed by atoms with van der Waals surface area (Å²) in [6.07, 6.45) is 5.33. The molecule has 1 aromatic carbocycles. The van der Waals surface area contributed by atoms with Crippen LogP contribution in [0.15, 0.2) is 42.0 Å². The van der Waals surface area contributed by atoms with Crippen LogP contribution >= 0.6 is 22.9 Å². The van der Waals surface area contributed by atoms with Crippen molar-refractivity contribution in [2.45, 2.75) is 44.3 Å². The molecule has 2 heterocycles. The average Bonchev–Trinajstić information content (AvgIpc) is 3.47. The number of aryl methyl sites for hydroxylation is 1. The first-order chi connectivity index (χ1) is 14.7. The smallest absolute Gasteiger partial charge is 0.236 e. The minimum Gasteiger partial charge on any atom is -0.325 e. The molecule has 31 heavy (non-hydrogen) atoms. The van der Waals surface area contributed by atoms with E-state index < -0.39 is 16.4 Å². The molecule has 1 atom stereocenters. The van der Waals surface area contributed by atoms with E-state index >= 15 is 0 Å². The molecule has 0 saturated heterocycles. The number of nitrogens with zero attached hydrogens (tertiary/aromatic N) is 2. The molecule has 0 aliphatic heterocycles. The Kier molecular flexibility index (Phi) is 6.14. The SMILES string of the molecule is Cc1cc(NC(=O)C(C)(C)c2csc(NS(=O)C3CC3)n2)ccc1-c1cncc(Cl)c1. The molecule has 1 amide bonds. The van der Waals surface area contributed by atoms with Crippen LogP contribution in [0.1, 0.15) is 37.9 Å². The van der Waals surface area contributed by atoms with Gasteiger partial charge in [-0.3, -0.25) is 14.5 Å². The van der Waals surface area contributed by atoms with E-state index in [0.717, 1.165) is 29.5 Å². The summed E-state index contributed by atoms with van der Waals surface area (Å²) in [6, 6.07) is 7.60. The number of nitrogens with one attached hydrogen (secondary N) is 2. The first-order valence-electron chi connectivity index (χ1n) is 9.90. The zero-order valence-corrected chi connectivity index (χ0v) is 19.8. The van der Waals surface area contributed by atoms with E-state index in [1.807, 2.05) is 50.4 Å². The second-order valence-electron chi connectivity index (χ2n) is 8.14. The fraction of sp³-hybridized carbons (Fsp3) is 0.318. The lowest BCUT2D eigenvalue weighted by molar-refractivity contribution is -0.120. The van der Waals surface area contributed by atoms with Crippen molar-refractivity contribution in [2.24, 2.45) is 0 Å². The van der Waals surface area contributed by atoms with Gasteiger partial charge < -0.3 is 5.32 Å². The van der Waals surface area contributed by atoms with Crippen LogP contribution in [-0.2, 0) is 21.2 Å². The van der Waals surface area contributed by atoms with E-state index in [-0.39, 0.29) is 11.2 Å². The zero-order valence-electron chi connectivity index (χ0n) is 17.4. The van der Waals surface area contributed by atoms with Crippen LogP contribution in [0.25, 0.3) is 11.1 Å². The van der Waals surface area contributed by atoms with E-state index in [9.17, 15) is 9.00 Å². The molecule has 0 radical (unpaired) electrons. The maximum atomic E-state index is 13.0. The van der Waals surface area contributed by atoms with Gasteiger partial charge in [0, 0.05) is 29.0 Å². The Morgan fingerprint density at radius 2 is 2.03 bits per heavy atom. The van der Waals surface area contributed by atoms with E-state index in [4.69, 9.17) is 11.6 Å². The summed E-state index contributed by atoms with van der Waals surface area (Å²) in [4.78, 5) is 21.7. The van der Waals surface area contributed by atoms with Crippen LogP contribution in [0.4, 0.5) is 10.8 Å². The predicted octanol–water partition coefficient (Wildman–Crippen LogP) is 5.32. The van der Waals surface area contributed by atoms with Crippen molar-refractivity contribution in [2.75, 3.05) is 10.0 Å². The van der Waals surface area contributed by atoms with E-state index in [0.29, 0.717) is 21.5 Å². The highest BCUT2D eigenvalue weighted by Gasteiger charge is 2.34. The van der Waals surface area contributed by atoms with Crippen molar-refractivity contribution in [3.63, 3.8) is 0 Å². The van der Waals surface area contributed by atoms with Gasteiger partial charge in [-0.1, -0.05) is 17.7 Å². The monoisotopic (exact) mass is 474 g/mol. The van der Waals surface area contributed by atoms with Gasteiger partial charge in [0.05, 0.1) is 21.4 Å². The number of benzene rings is 1. The Balaban J connectivity index is 1.47. The molecule has 6 nitrogen and oxygen atoms in total. The molecule has 2 aromatic heterocycles. The lowest BCUT2D eigenvalue weighted by Crippen LogP contribution is -2.35. The number of carbonyl (C=O) groups excluding carboxylic acids is 1. The van der Waals surface area contributed by atoms with Gasteiger partial charge in [-0.05, 0) is 62.9 Å². The number of carbonyl (C=O) groups is 1. The summed E-state index contributed by atoms with van der Waals surface area (Å²) < 4.78 is 15.0. The molecule has 1 aliphatic rings.